The third-order valence-corrected chi connectivity index (χ3v) is 3.50. The molecule has 0 aliphatic carbocycles. The lowest BCUT2D eigenvalue weighted by Gasteiger charge is -2.23. The van der Waals surface area contributed by atoms with E-state index in [0.29, 0.717) is 24.1 Å². The van der Waals surface area contributed by atoms with Crippen LogP contribution in [0.3, 0.4) is 0 Å². The van der Waals surface area contributed by atoms with Crippen LogP contribution in [0.4, 0.5) is 0 Å². The van der Waals surface area contributed by atoms with Gasteiger partial charge in [-0.05, 0) is 38.1 Å². The van der Waals surface area contributed by atoms with Crippen LogP contribution in [-0.4, -0.2) is 36.1 Å². The molecule has 4 heteroatoms. The second-order valence-electron chi connectivity index (χ2n) is 4.87. The summed E-state index contributed by atoms with van der Waals surface area (Å²) < 4.78 is 5.73. The van der Waals surface area contributed by atoms with Crippen molar-refractivity contribution in [3.8, 4) is 5.75 Å². The lowest BCUT2D eigenvalue weighted by molar-refractivity contribution is 0.196. The first kappa shape index (κ1) is 15.9. The molecule has 1 rings (SSSR count). The molecule has 19 heavy (non-hydrogen) atoms. The highest BCUT2D eigenvalue weighted by Crippen LogP contribution is 2.12. The number of nitrogens with two attached hydrogens (primary N) is 1. The molecule has 0 aliphatic rings. The van der Waals surface area contributed by atoms with E-state index in [1.54, 1.807) is 0 Å². The van der Waals surface area contributed by atoms with E-state index >= 15 is 0 Å². The maximum absolute atomic E-state index is 5.73. The van der Waals surface area contributed by atoms with E-state index in [9.17, 15) is 0 Å². The van der Waals surface area contributed by atoms with Crippen LogP contribution in [0.25, 0.3) is 0 Å². The lowest BCUT2D eigenvalue weighted by Crippen LogP contribution is -2.32. The molecule has 106 valence electrons. The summed E-state index contributed by atoms with van der Waals surface area (Å²) in [6.45, 7) is 6.06. The molecule has 0 aromatic heterocycles. The van der Waals surface area contributed by atoms with Crippen LogP contribution in [-0.2, 0) is 6.42 Å². The Labute approximate surface area is 121 Å². The molecule has 2 N–H and O–H groups in total. The number of thiocarbonyl (C=S) groups is 1. The fourth-order valence-corrected chi connectivity index (χ4v) is 1.91. The van der Waals surface area contributed by atoms with Crippen LogP contribution >= 0.6 is 12.2 Å². The second kappa shape index (κ2) is 8.12. The van der Waals surface area contributed by atoms with Gasteiger partial charge >= 0.3 is 0 Å². The summed E-state index contributed by atoms with van der Waals surface area (Å²) in [6.07, 6.45) is 1.80. The zero-order valence-corrected chi connectivity index (χ0v) is 12.9. The topological polar surface area (TPSA) is 38.5 Å². The molecule has 0 saturated carbocycles. The van der Waals surface area contributed by atoms with Crippen molar-refractivity contribution in [3.63, 3.8) is 0 Å². The minimum absolute atomic E-state index is 0.517. The molecule has 0 saturated heterocycles. The van der Waals surface area contributed by atoms with E-state index in [4.69, 9.17) is 22.7 Å². The Hall–Kier alpha value is -1.13. The molecule has 0 heterocycles. The van der Waals surface area contributed by atoms with Gasteiger partial charge in [-0.15, -0.1) is 0 Å². The summed E-state index contributed by atoms with van der Waals surface area (Å²) in [5, 5.41) is 0. The van der Waals surface area contributed by atoms with Crippen molar-refractivity contribution < 1.29 is 4.74 Å². The fourth-order valence-electron chi connectivity index (χ4n) is 1.74. The average molecular weight is 280 g/mol. The highest BCUT2D eigenvalue weighted by molar-refractivity contribution is 7.80. The summed E-state index contributed by atoms with van der Waals surface area (Å²) in [4.78, 5) is 2.82. The van der Waals surface area contributed by atoms with Crippen molar-refractivity contribution in [1.82, 2.24) is 4.90 Å². The quantitative estimate of drug-likeness (QED) is 0.743. The van der Waals surface area contributed by atoms with Gasteiger partial charge in [-0.2, -0.15) is 0 Å². The van der Waals surface area contributed by atoms with E-state index in [2.05, 4.69) is 25.8 Å². The minimum atomic E-state index is 0.517. The molecule has 1 unspecified atom stereocenters. The van der Waals surface area contributed by atoms with E-state index in [-0.39, 0.29) is 0 Å². The Morgan fingerprint density at radius 3 is 2.53 bits per heavy atom. The van der Waals surface area contributed by atoms with Gasteiger partial charge in [0.25, 0.3) is 0 Å². The number of rotatable bonds is 8. The monoisotopic (exact) mass is 280 g/mol. The van der Waals surface area contributed by atoms with Crippen molar-refractivity contribution in [2.75, 3.05) is 20.2 Å². The van der Waals surface area contributed by atoms with Crippen LogP contribution in [0, 0.1) is 0 Å². The first-order chi connectivity index (χ1) is 9.02. The third-order valence-electron chi connectivity index (χ3n) is 3.36. The Morgan fingerprint density at radius 1 is 1.37 bits per heavy atom. The lowest BCUT2D eigenvalue weighted by atomic mass is 10.1. The number of likely N-dealkylation sites (N-methyl/N-ethyl adjacent to an activating group) is 1. The van der Waals surface area contributed by atoms with E-state index in [1.165, 1.54) is 0 Å². The van der Waals surface area contributed by atoms with Crippen molar-refractivity contribution in [2.45, 2.75) is 32.7 Å². The van der Waals surface area contributed by atoms with Gasteiger partial charge in [-0.3, -0.25) is 0 Å². The van der Waals surface area contributed by atoms with E-state index < -0.39 is 0 Å². The Bertz CT molecular complexity index is 392. The van der Waals surface area contributed by atoms with Crippen LogP contribution in [0.15, 0.2) is 24.3 Å². The molecule has 3 nitrogen and oxygen atoms in total. The summed E-state index contributed by atoms with van der Waals surface area (Å²) in [6, 6.07) is 8.55. The molecule has 0 amide bonds. The van der Waals surface area contributed by atoms with Crippen LogP contribution in [0.2, 0.25) is 0 Å². The Balaban J connectivity index is 2.35. The predicted octanol–water partition coefficient (Wildman–Crippen LogP) is 2.62. The molecular weight excluding hydrogens is 256 g/mol. The zero-order chi connectivity index (χ0) is 14.3. The zero-order valence-electron chi connectivity index (χ0n) is 12.1. The van der Waals surface area contributed by atoms with Gasteiger partial charge in [0.15, 0.2) is 0 Å². The minimum Gasteiger partial charge on any atom is -0.492 e. The molecule has 1 aromatic rings. The standard InChI is InChI=1S/C15H24N2OS/c1-4-12(2)17(3)9-10-18-14-7-5-13(6-8-14)11-15(16)19/h5-8,12H,4,9-11H2,1-3H3,(H2,16,19). The molecule has 1 atom stereocenters. The number of nitrogens with zero attached hydrogens (tertiary/aromatic N) is 1. The van der Waals surface area contributed by atoms with Crippen LogP contribution < -0.4 is 10.5 Å². The van der Waals surface area contributed by atoms with Crippen LogP contribution in [0.5, 0.6) is 5.75 Å². The van der Waals surface area contributed by atoms with Gasteiger partial charge in [-0.25, -0.2) is 0 Å². The first-order valence-corrected chi connectivity index (χ1v) is 7.14. The molecule has 0 fully saturated rings. The molecule has 0 aliphatic heterocycles. The highest BCUT2D eigenvalue weighted by Gasteiger charge is 2.06. The van der Waals surface area contributed by atoms with Crippen LogP contribution in [0.1, 0.15) is 25.8 Å². The van der Waals surface area contributed by atoms with Crippen molar-refractivity contribution in [1.29, 1.82) is 0 Å². The highest BCUT2D eigenvalue weighted by atomic mass is 32.1. The van der Waals surface area contributed by atoms with Gasteiger partial charge in [0.2, 0.25) is 0 Å². The summed E-state index contributed by atoms with van der Waals surface area (Å²) in [7, 11) is 2.13. The summed E-state index contributed by atoms with van der Waals surface area (Å²) >= 11 is 4.89. The Kier molecular flexibility index (Phi) is 6.81. The third kappa shape index (κ3) is 6.03. The molecule has 0 radical (unpaired) electrons. The average Bonchev–Trinajstić information content (AvgIpc) is 2.39. The van der Waals surface area contributed by atoms with Gasteiger partial charge in [-0.1, -0.05) is 31.3 Å². The number of hydrogen-bond acceptors (Lipinski definition) is 3. The largest absolute Gasteiger partial charge is 0.492 e. The van der Waals surface area contributed by atoms with Gasteiger partial charge in [0, 0.05) is 19.0 Å². The number of hydrogen-bond donors (Lipinski definition) is 1. The maximum atomic E-state index is 5.73. The van der Waals surface area contributed by atoms with E-state index in [0.717, 1.165) is 24.3 Å². The van der Waals surface area contributed by atoms with E-state index in [1.807, 2.05) is 24.3 Å². The van der Waals surface area contributed by atoms with Gasteiger partial charge in [0.1, 0.15) is 12.4 Å². The molecular formula is C15H24N2OS. The SMILES string of the molecule is CCC(C)N(C)CCOc1ccc(CC(N)=S)cc1. The van der Waals surface area contributed by atoms with Gasteiger partial charge < -0.3 is 15.4 Å². The van der Waals surface area contributed by atoms with Gasteiger partial charge in [0.05, 0.1) is 4.99 Å². The number of ether oxygens (including phenoxy) is 1. The second-order valence-corrected chi connectivity index (χ2v) is 5.40. The molecule has 1 aromatic carbocycles. The fraction of sp³-hybridized carbons (Fsp3) is 0.533. The number of benzene rings is 1. The van der Waals surface area contributed by atoms with Crippen molar-refractivity contribution in [3.05, 3.63) is 29.8 Å². The Morgan fingerprint density at radius 2 is 2.00 bits per heavy atom. The summed E-state index contributed by atoms with van der Waals surface area (Å²) in [5.41, 5.74) is 6.63. The van der Waals surface area contributed by atoms with Crippen molar-refractivity contribution in [2.24, 2.45) is 5.73 Å². The maximum Gasteiger partial charge on any atom is 0.119 e. The molecule has 0 spiro atoms. The smallest absolute Gasteiger partial charge is 0.119 e. The first-order valence-electron chi connectivity index (χ1n) is 6.73. The summed E-state index contributed by atoms with van der Waals surface area (Å²) in [5.74, 6) is 0.893. The predicted molar refractivity (Wildman–Crippen MR) is 84.8 cm³/mol. The normalized spacial score (nSPS) is 12.4. The molecule has 0 bridgehead atoms. The van der Waals surface area contributed by atoms with Crippen molar-refractivity contribution >= 4 is 17.2 Å².